The fourth-order valence-electron chi connectivity index (χ4n) is 4.11. The number of hydrogen-bond donors (Lipinski definition) is 0. The molecule has 0 saturated carbocycles. The van der Waals surface area contributed by atoms with Crippen LogP contribution in [0.4, 0.5) is 0 Å². The van der Waals surface area contributed by atoms with Crippen molar-refractivity contribution in [2.75, 3.05) is 13.1 Å². The zero-order chi connectivity index (χ0) is 21.6. The van der Waals surface area contributed by atoms with Gasteiger partial charge in [-0.05, 0) is 43.0 Å². The SMILES string of the molecule is O=C(CCC(=O)N1CCC(Cn2ccnc2-c2ccccc2)CC1)c1ccc(Cl)cc1. The molecule has 0 N–H and O–H groups in total. The number of amides is 1. The first kappa shape index (κ1) is 21.3. The first-order valence-electron chi connectivity index (χ1n) is 10.7. The molecule has 0 atom stereocenters. The molecule has 0 radical (unpaired) electrons. The van der Waals surface area contributed by atoms with Crippen molar-refractivity contribution in [3.8, 4) is 11.4 Å². The van der Waals surface area contributed by atoms with E-state index in [2.05, 4.69) is 21.7 Å². The minimum atomic E-state index is -0.0200. The molecule has 0 aliphatic carbocycles. The molecule has 1 fully saturated rings. The van der Waals surface area contributed by atoms with E-state index in [4.69, 9.17) is 11.6 Å². The molecule has 1 amide bonds. The fourth-order valence-corrected chi connectivity index (χ4v) is 4.23. The Labute approximate surface area is 187 Å². The summed E-state index contributed by atoms with van der Waals surface area (Å²) in [6.07, 6.45) is 6.29. The largest absolute Gasteiger partial charge is 0.343 e. The van der Waals surface area contributed by atoms with Gasteiger partial charge in [-0.25, -0.2) is 4.98 Å². The van der Waals surface area contributed by atoms with E-state index < -0.39 is 0 Å². The number of imidazole rings is 1. The van der Waals surface area contributed by atoms with E-state index in [0.717, 1.165) is 43.9 Å². The van der Waals surface area contributed by atoms with Crippen molar-refractivity contribution in [3.05, 3.63) is 77.6 Å². The third-order valence-electron chi connectivity index (χ3n) is 5.90. The Morgan fingerprint density at radius 3 is 2.39 bits per heavy atom. The summed E-state index contributed by atoms with van der Waals surface area (Å²) in [5, 5.41) is 0.599. The molecule has 160 valence electrons. The number of carbonyl (C=O) groups excluding carboxylic acids is 2. The second-order valence-electron chi connectivity index (χ2n) is 8.02. The molecule has 3 aromatic rings. The first-order valence-corrected chi connectivity index (χ1v) is 11.1. The highest BCUT2D eigenvalue weighted by Gasteiger charge is 2.24. The van der Waals surface area contributed by atoms with E-state index in [-0.39, 0.29) is 24.5 Å². The molecule has 0 unspecified atom stereocenters. The smallest absolute Gasteiger partial charge is 0.223 e. The van der Waals surface area contributed by atoms with Crippen molar-refractivity contribution in [3.63, 3.8) is 0 Å². The molecule has 31 heavy (non-hydrogen) atoms. The second-order valence-corrected chi connectivity index (χ2v) is 8.46. The topological polar surface area (TPSA) is 55.2 Å². The minimum absolute atomic E-state index is 0.0200. The van der Waals surface area contributed by atoms with Gasteiger partial charge in [-0.3, -0.25) is 9.59 Å². The lowest BCUT2D eigenvalue weighted by molar-refractivity contribution is -0.132. The molecule has 0 spiro atoms. The van der Waals surface area contributed by atoms with Crippen molar-refractivity contribution < 1.29 is 9.59 Å². The maximum absolute atomic E-state index is 12.6. The highest BCUT2D eigenvalue weighted by Crippen LogP contribution is 2.24. The van der Waals surface area contributed by atoms with E-state index in [0.29, 0.717) is 16.5 Å². The number of benzene rings is 2. The quantitative estimate of drug-likeness (QED) is 0.485. The summed E-state index contributed by atoms with van der Waals surface area (Å²) in [4.78, 5) is 31.3. The van der Waals surface area contributed by atoms with Gasteiger partial charge in [-0.2, -0.15) is 0 Å². The van der Waals surface area contributed by atoms with Gasteiger partial charge in [0.1, 0.15) is 5.82 Å². The normalized spacial score (nSPS) is 14.5. The molecule has 1 saturated heterocycles. The molecule has 1 aliphatic heterocycles. The van der Waals surface area contributed by atoms with Crippen LogP contribution in [0, 0.1) is 5.92 Å². The Bertz CT molecular complexity index is 1020. The van der Waals surface area contributed by atoms with Gasteiger partial charge >= 0.3 is 0 Å². The molecule has 4 rings (SSSR count). The van der Waals surface area contributed by atoms with E-state index >= 15 is 0 Å². The van der Waals surface area contributed by atoms with Gasteiger partial charge in [0.05, 0.1) is 0 Å². The number of rotatable bonds is 7. The summed E-state index contributed by atoms with van der Waals surface area (Å²) in [5.41, 5.74) is 1.72. The van der Waals surface area contributed by atoms with E-state index in [1.165, 1.54) is 0 Å². The Kier molecular flexibility index (Phi) is 6.82. The average Bonchev–Trinajstić information content (AvgIpc) is 3.27. The van der Waals surface area contributed by atoms with Crippen LogP contribution in [0.2, 0.25) is 5.02 Å². The van der Waals surface area contributed by atoms with Gasteiger partial charge in [0.25, 0.3) is 0 Å². The van der Waals surface area contributed by atoms with Gasteiger partial charge in [-0.15, -0.1) is 0 Å². The Hall–Kier alpha value is -2.92. The predicted molar refractivity (Wildman–Crippen MR) is 122 cm³/mol. The van der Waals surface area contributed by atoms with Crippen molar-refractivity contribution in [1.29, 1.82) is 0 Å². The van der Waals surface area contributed by atoms with E-state index in [1.807, 2.05) is 35.5 Å². The molecule has 5 nitrogen and oxygen atoms in total. The third-order valence-corrected chi connectivity index (χ3v) is 6.15. The monoisotopic (exact) mass is 435 g/mol. The average molecular weight is 436 g/mol. The van der Waals surface area contributed by atoms with Crippen molar-refractivity contribution in [2.24, 2.45) is 5.92 Å². The van der Waals surface area contributed by atoms with Crippen LogP contribution in [-0.4, -0.2) is 39.2 Å². The Balaban J connectivity index is 1.25. The van der Waals surface area contributed by atoms with Crippen LogP contribution >= 0.6 is 11.6 Å². The summed E-state index contributed by atoms with van der Waals surface area (Å²) in [5.74, 6) is 1.54. The molecule has 2 heterocycles. The van der Waals surface area contributed by atoms with Gasteiger partial charge in [0.15, 0.2) is 5.78 Å². The van der Waals surface area contributed by atoms with Crippen LogP contribution in [0.15, 0.2) is 67.0 Å². The van der Waals surface area contributed by atoms with Gasteiger partial charge in [0, 0.05) is 61.0 Å². The molecule has 1 aliphatic rings. The number of carbonyl (C=O) groups is 2. The van der Waals surface area contributed by atoms with Crippen LogP contribution < -0.4 is 0 Å². The number of halogens is 1. The van der Waals surface area contributed by atoms with Crippen LogP contribution in [-0.2, 0) is 11.3 Å². The van der Waals surface area contributed by atoms with Gasteiger partial charge in [-0.1, -0.05) is 41.9 Å². The Morgan fingerprint density at radius 2 is 1.68 bits per heavy atom. The van der Waals surface area contributed by atoms with Crippen LogP contribution in [0.25, 0.3) is 11.4 Å². The summed E-state index contributed by atoms with van der Waals surface area (Å²) in [6, 6.07) is 17.0. The lowest BCUT2D eigenvalue weighted by Gasteiger charge is -2.32. The Morgan fingerprint density at radius 1 is 0.968 bits per heavy atom. The number of nitrogens with zero attached hydrogens (tertiary/aromatic N) is 3. The number of Topliss-reactive ketones (excluding diaryl/α,β-unsaturated/α-hetero) is 1. The third kappa shape index (κ3) is 5.42. The molecular formula is C25H26ClN3O2. The van der Waals surface area contributed by atoms with Crippen molar-refractivity contribution >= 4 is 23.3 Å². The molecular weight excluding hydrogens is 410 g/mol. The predicted octanol–water partition coefficient (Wildman–Crippen LogP) is 5.11. The van der Waals surface area contributed by atoms with Crippen LogP contribution in [0.5, 0.6) is 0 Å². The number of ketones is 1. The van der Waals surface area contributed by atoms with E-state index in [1.54, 1.807) is 24.3 Å². The molecule has 0 bridgehead atoms. The number of aromatic nitrogens is 2. The fraction of sp³-hybridized carbons (Fsp3) is 0.320. The van der Waals surface area contributed by atoms with Gasteiger partial charge < -0.3 is 9.47 Å². The zero-order valence-electron chi connectivity index (χ0n) is 17.4. The lowest BCUT2D eigenvalue weighted by atomic mass is 9.96. The molecule has 1 aromatic heterocycles. The van der Waals surface area contributed by atoms with Crippen molar-refractivity contribution in [1.82, 2.24) is 14.5 Å². The summed E-state index contributed by atoms with van der Waals surface area (Å²) < 4.78 is 2.21. The maximum Gasteiger partial charge on any atom is 0.223 e. The minimum Gasteiger partial charge on any atom is -0.343 e. The zero-order valence-corrected chi connectivity index (χ0v) is 18.2. The lowest BCUT2D eigenvalue weighted by Crippen LogP contribution is -2.39. The number of piperidine rings is 1. The maximum atomic E-state index is 12.6. The summed E-state index contributed by atoms with van der Waals surface area (Å²) >= 11 is 5.86. The van der Waals surface area contributed by atoms with Crippen LogP contribution in [0.1, 0.15) is 36.0 Å². The standard InChI is InChI=1S/C25H26ClN3O2/c26-22-8-6-20(7-9-22)23(30)10-11-24(31)28-15-12-19(13-16-28)18-29-17-14-27-25(29)21-4-2-1-3-5-21/h1-9,14,17,19H,10-13,15-16,18H2. The molecule has 2 aromatic carbocycles. The summed E-state index contributed by atoms with van der Waals surface area (Å²) in [6.45, 7) is 2.39. The first-order chi connectivity index (χ1) is 15.1. The van der Waals surface area contributed by atoms with Crippen molar-refractivity contribution in [2.45, 2.75) is 32.2 Å². The second kappa shape index (κ2) is 9.92. The molecule has 6 heteroatoms. The highest BCUT2D eigenvalue weighted by molar-refractivity contribution is 6.30. The summed E-state index contributed by atoms with van der Waals surface area (Å²) in [7, 11) is 0. The van der Waals surface area contributed by atoms with Crippen LogP contribution in [0.3, 0.4) is 0 Å². The van der Waals surface area contributed by atoms with Gasteiger partial charge in [0.2, 0.25) is 5.91 Å². The highest BCUT2D eigenvalue weighted by atomic mass is 35.5. The van der Waals surface area contributed by atoms with E-state index in [9.17, 15) is 9.59 Å². The number of hydrogen-bond acceptors (Lipinski definition) is 3. The number of likely N-dealkylation sites (tertiary alicyclic amines) is 1.